The quantitative estimate of drug-likeness (QED) is 0.0222. The van der Waals surface area contributed by atoms with E-state index >= 15 is 0 Å². The molecule has 19 heteroatoms. The van der Waals surface area contributed by atoms with Crippen LogP contribution in [-0.2, 0) is 65.4 Å². The minimum atomic E-state index is -4.95. The van der Waals surface area contributed by atoms with E-state index < -0.39 is 97.5 Å². The number of phosphoric acid groups is 2. The molecule has 0 spiro atoms. The van der Waals surface area contributed by atoms with E-state index in [1.54, 1.807) is 0 Å². The molecule has 17 nitrogen and oxygen atoms in total. The van der Waals surface area contributed by atoms with Gasteiger partial charge in [-0.3, -0.25) is 37.3 Å². The molecule has 91 heavy (non-hydrogen) atoms. The fourth-order valence-corrected chi connectivity index (χ4v) is 12.4. The zero-order chi connectivity index (χ0) is 67.5. The van der Waals surface area contributed by atoms with Gasteiger partial charge in [-0.25, -0.2) is 9.13 Å². The minimum absolute atomic E-state index is 0.103. The van der Waals surface area contributed by atoms with Crippen LogP contribution in [0.1, 0.15) is 357 Å². The molecule has 0 bridgehead atoms. The summed E-state index contributed by atoms with van der Waals surface area (Å²) in [4.78, 5) is 72.6. The van der Waals surface area contributed by atoms with E-state index in [1.165, 1.54) is 154 Å². The molecule has 0 aliphatic heterocycles. The number of esters is 4. The molecule has 0 saturated heterocycles. The number of aliphatic hydroxyl groups is 1. The predicted octanol–water partition coefficient (Wildman–Crippen LogP) is 20.5. The van der Waals surface area contributed by atoms with Crippen LogP contribution >= 0.6 is 15.6 Å². The monoisotopic (exact) mass is 1340 g/mol. The molecule has 0 aromatic heterocycles. The highest BCUT2D eigenvalue weighted by atomic mass is 31.2. The average molecular weight is 1340 g/mol. The van der Waals surface area contributed by atoms with Crippen LogP contribution in [0.5, 0.6) is 0 Å². The van der Waals surface area contributed by atoms with Gasteiger partial charge in [-0.05, 0) is 49.4 Å². The van der Waals surface area contributed by atoms with Crippen LogP contribution in [0.3, 0.4) is 0 Å². The fourth-order valence-electron chi connectivity index (χ4n) is 10.8. The number of aliphatic hydroxyl groups excluding tert-OH is 1. The molecule has 6 atom stereocenters. The van der Waals surface area contributed by atoms with E-state index in [4.69, 9.17) is 37.0 Å². The summed E-state index contributed by atoms with van der Waals surface area (Å²) in [5.41, 5.74) is 0. The number of hydrogen-bond donors (Lipinski definition) is 3. The standard InChI is InChI=1S/C72H140O17P2/c1-9-65(8)51-43-35-30-31-37-45-53-70(75)83-59-68(88-71(76)54-46-38-28-22-18-17-20-25-33-41-49-63(4)5)61-87-91(80,81)85-57-66(73)56-84-90(78,79)86-60-67(89-72(77)55-47-39-29-23-26-34-42-50-64(6)7)58-82-69(74)52-44-36-27-21-16-14-12-10-11-13-15-19-24-32-40-48-62(2)3/h62-68,73H,9-61H2,1-8H3,(H,78,79)(H,80,81)/t65?,66-,67-,68-/m1/s1. The van der Waals surface area contributed by atoms with Crippen molar-refractivity contribution in [3.8, 4) is 0 Å². The van der Waals surface area contributed by atoms with Gasteiger partial charge in [0, 0.05) is 25.7 Å². The highest BCUT2D eigenvalue weighted by Crippen LogP contribution is 2.45. The predicted molar refractivity (Wildman–Crippen MR) is 367 cm³/mol. The Labute approximate surface area is 556 Å². The summed E-state index contributed by atoms with van der Waals surface area (Å²) < 4.78 is 68.3. The van der Waals surface area contributed by atoms with Gasteiger partial charge in [0.05, 0.1) is 26.4 Å². The summed E-state index contributed by atoms with van der Waals surface area (Å²) in [5, 5.41) is 10.6. The zero-order valence-electron chi connectivity index (χ0n) is 59.5. The molecule has 540 valence electrons. The molecule has 0 heterocycles. The van der Waals surface area contributed by atoms with Crippen molar-refractivity contribution in [3.05, 3.63) is 0 Å². The van der Waals surface area contributed by atoms with E-state index in [2.05, 4.69) is 55.4 Å². The van der Waals surface area contributed by atoms with Gasteiger partial charge in [0.1, 0.15) is 19.3 Å². The Balaban J connectivity index is 5.20. The van der Waals surface area contributed by atoms with Crippen LogP contribution in [0.15, 0.2) is 0 Å². The maximum Gasteiger partial charge on any atom is 0.472 e. The number of ether oxygens (including phenoxy) is 4. The van der Waals surface area contributed by atoms with Gasteiger partial charge in [-0.1, -0.05) is 306 Å². The minimum Gasteiger partial charge on any atom is -0.462 e. The lowest BCUT2D eigenvalue weighted by Crippen LogP contribution is -2.30. The summed E-state index contributed by atoms with van der Waals surface area (Å²) >= 11 is 0. The van der Waals surface area contributed by atoms with Crippen LogP contribution in [0.2, 0.25) is 0 Å². The van der Waals surface area contributed by atoms with Crippen molar-refractivity contribution in [2.75, 3.05) is 39.6 Å². The molecule has 0 saturated carbocycles. The zero-order valence-corrected chi connectivity index (χ0v) is 61.3. The second-order valence-corrected chi connectivity index (χ2v) is 30.6. The van der Waals surface area contributed by atoms with Crippen molar-refractivity contribution >= 4 is 39.5 Å². The van der Waals surface area contributed by atoms with E-state index in [0.717, 1.165) is 114 Å². The maximum absolute atomic E-state index is 13.0. The first-order valence-corrected chi connectivity index (χ1v) is 40.2. The molecule has 0 amide bonds. The Kier molecular flexibility index (Phi) is 60.3. The van der Waals surface area contributed by atoms with Crippen LogP contribution < -0.4 is 0 Å². The molecule has 3 N–H and O–H groups in total. The number of phosphoric ester groups is 2. The third-order valence-corrected chi connectivity index (χ3v) is 18.8. The fraction of sp³-hybridized carbons (Fsp3) is 0.944. The Bertz CT molecular complexity index is 1800. The lowest BCUT2D eigenvalue weighted by atomic mass is 10.00. The van der Waals surface area contributed by atoms with Crippen LogP contribution in [0.4, 0.5) is 0 Å². The van der Waals surface area contributed by atoms with Gasteiger partial charge in [0.25, 0.3) is 0 Å². The van der Waals surface area contributed by atoms with E-state index in [1.807, 2.05) is 0 Å². The van der Waals surface area contributed by atoms with E-state index in [0.29, 0.717) is 31.6 Å². The van der Waals surface area contributed by atoms with Gasteiger partial charge in [-0.2, -0.15) is 0 Å². The van der Waals surface area contributed by atoms with Gasteiger partial charge >= 0.3 is 39.5 Å². The highest BCUT2D eigenvalue weighted by molar-refractivity contribution is 7.47. The second-order valence-electron chi connectivity index (χ2n) is 27.6. The van der Waals surface area contributed by atoms with Crippen molar-refractivity contribution in [1.29, 1.82) is 0 Å². The first kappa shape index (κ1) is 89.1. The average Bonchev–Trinajstić information content (AvgIpc) is 3.27. The lowest BCUT2D eigenvalue weighted by molar-refractivity contribution is -0.161. The van der Waals surface area contributed by atoms with Crippen LogP contribution in [0, 0.1) is 23.7 Å². The van der Waals surface area contributed by atoms with Crippen LogP contribution in [0.25, 0.3) is 0 Å². The van der Waals surface area contributed by atoms with Gasteiger partial charge < -0.3 is 33.8 Å². The third kappa shape index (κ3) is 65.1. The Morgan fingerprint density at radius 2 is 0.527 bits per heavy atom. The summed E-state index contributed by atoms with van der Waals surface area (Å²) in [6, 6.07) is 0. The largest absolute Gasteiger partial charge is 0.472 e. The van der Waals surface area contributed by atoms with Gasteiger partial charge in [0.15, 0.2) is 12.2 Å². The smallest absolute Gasteiger partial charge is 0.462 e. The molecule has 0 rings (SSSR count). The normalized spacial score (nSPS) is 14.5. The molecule has 0 aliphatic rings. The first-order chi connectivity index (χ1) is 43.6. The summed E-state index contributed by atoms with van der Waals surface area (Å²) in [5.74, 6) is 0.855. The molecular formula is C72H140O17P2. The van der Waals surface area contributed by atoms with Gasteiger partial charge in [0.2, 0.25) is 0 Å². The Morgan fingerprint density at radius 3 is 0.780 bits per heavy atom. The number of rotatable bonds is 69. The Hall–Kier alpha value is -1.94. The molecule has 0 aliphatic carbocycles. The van der Waals surface area contributed by atoms with Crippen molar-refractivity contribution in [3.63, 3.8) is 0 Å². The highest BCUT2D eigenvalue weighted by Gasteiger charge is 2.30. The number of hydrogen-bond acceptors (Lipinski definition) is 15. The third-order valence-electron chi connectivity index (χ3n) is 16.9. The van der Waals surface area contributed by atoms with Gasteiger partial charge in [-0.15, -0.1) is 0 Å². The van der Waals surface area contributed by atoms with E-state index in [9.17, 15) is 43.2 Å². The van der Waals surface area contributed by atoms with Crippen molar-refractivity contribution in [2.45, 2.75) is 375 Å². The van der Waals surface area contributed by atoms with Crippen molar-refractivity contribution < 1.29 is 80.2 Å². The molecular weight excluding hydrogens is 1200 g/mol. The number of unbranched alkanes of at least 4 members (excludes halogenated alkanes) is 34. The summed E-state index contributed by atoms with van der Waals surface area (Å²) in [6.07, 6.45) is 44.6. The van der Waals surface area contributed by atoms with Crippen molar-refractivity contribution in [1.82, 2.24) is 0 Å². The maximum atomic E-state index is 13.0. The summed E-state index contributed by atoms with van der Waals surface area (Å²) in [6.45, 7) is 14.1. The van der Waals surface area contributed by atoms with E-state index in [-0.39, 0.29) is 25.7 Å². The summed E-state index contributed by atoms with van der Waals surface area (Å²) in [7, 11) is -9.90. The Morgan fingerprint density at radius 1 is 0.308 bits per heavy atom. The number of carbonyl (C=O) groups is 4. The molecule has 3 unspecified atom stereocenters. The molecule has 0 fully saturated rings. The molecule has 0 aromatic carbocycles. The topological polar surface area (TPSA) is 237 Å². The molecule has 0 radical (unpaired) electrons. The lowest BCUT2D eigenvalue weighted by Gasteiger charge is -2.21. The number of carbonyl (C=O) groups excluding carboxylic acids is 4. The molecule has 0 aromatic rings. The van der Waals surface area contributed by atoms with Crippen LogP contribution in [-0.4, -0.2) is 96.7 Å². The SMILES string of the molecule is CCC(C)CCCCCCCCC(=O)OC[C@H](COP(=O)(O)OC[C@H](O)COP(=O)(O)OC[C@@H](COC(=O)CCCCCCCCCCCCCCCCCC(C)C)OC(=O)CCCCCCCCCC(C)C)OC(=O)CCCCCCCCCCCCC(C)C. The van der Waals surface area contributed by atoms with Crippen molar-refractivity contribution in [2.24, 2.45) is 23.7 Å². The first-order valence-electron chi connectivity index (χ1n) is 37.2. The second kappa shape index (κ2) is 61.6.